The van der Waals surface area contributed by atoms with Crippen molar-refractivity contribution in [2.45, 2.75) is 19.3 Å². The summed E-state index contributed by atoms with van der Waals surface area (Å²) in [7, 11) is 0. The fourth-order valence-corrected chi connectivity index (χ4v) is 19.9. The maximum Gasteiger partial charge on any atom is 0.159 e. The number of fused-ring (bicyclic) bond motifs is 6. The molecule has 22 aromatic carbocycles. The summed E-state index contributed by atoms with van der Waals surface area (Å²) in [4.78, 5) is 14.2. The molecule has 1 heterocycles. The zero-order valence-corrected chi connectivity index (χ0v) is 79.0. The summed E-state index contributed by atoms with van der Waals surface area (Å²) in [6.45, 7) is 4.69. The van der Waals surface area contributed by atoms with Gasteiger partial charge in [-0.2, -0.15) is 0 Å². The zero-order valence-electron chi connectivity index (χ0n) is 79.0. The second kappa shape index (κ2) is 40.8. The van der Waals surface area contributed by atoms with E-state index in [1.54, 1.807) is 0 Å². The van der Waals surface area contributed by atoms with Crippen molar-refractivity contribution in [3.63, 3.8) is 0 Å². The van der Waals surface area contributed by atoms with Gasteiger partial charge in [0.1, 0.15) is 5.58 Å². The highest BCUT2D eigenvalue weighted by atomic mass is 16.3. The van der Waals surface area contributed by atoms with Crippen LogP contribution >= 0.6 is 0 Å². The lowest BCUT2D eigenvalue weighted by Crippen LogP contribution is -2.17. The fraction of sp³-hybridized carbons (Fsp3) is 0.0222. The van der Waals surface area contributed by atoms with E-state index < -0.39 is 0 Å². The second-order valence-corrected chi connectivity index (χ2v) is 35.9. The van der Waals surface area contributed by atoms with Gasteiger partial charge in [-0.1, -0.05) is 402 Å². The molecular weight excluding hydrogens is 1720 g/mol. The molecule has 0 spiro atoms. The Balaban J connectivity index is 0.000000122. The number of benzene rings is 22. The van der Waals surface area contributed by atoms with Gasteiger partial charge in [-0.25, -0.2) is 0 Å². The molecule has 23 aromatic rings. The monoisotopic (exact) mass is 1820 g/mol. The van der Waals surface area contributed by atoms with E-state index in [0.29, 0.717) is 0 Å². The topological polar surface area (TPSA) is 32.6 Å². The van der Waals surface area contributed by atoms with Crippen LogP contribution < -0.4 is 29.4 Å². The van der Waals surface area contributed by atoms with Gasteiger partial charge >= 0.3 is 0 Å². The van der Waals surface area contributed by atoms with E-state index in [1.165, 1.54) is 50.1 Å². The van der Waals surface area contributed by atoms with E-state index >= 15 is 0 Å². The van der Waals surface area contributed by atoms with Crippen LogP contribution in [-0.2, 0) is 5.41 Å². The van der Waals surface area contributed by atoms with Crippen LogP contribution in [0.2, 0.25) is 0 Å². The fourth-order valence-electron chi connectivity index (χ4n) is 19.9. The zero-order chi connectivity index (χ0) is 95.3. The predicted octanol–water partition coefficient (Wildman–Crippen LogP) is 38.4. The maximum atomic E-state index is 6.61. The second-order valence-electron chi connectivity index (χ2n) is 35.9. The molecule has 678 valence electrons. The van der Waals surface area contributed by atoms with Crippen molar-refractivity contribution in [2.75, 3.05) is 29.4 Å². The molecule has 0 unspecified atom stereocenters. The normalized spacial score (nSPS) is 11.5. The average molecular weight is 1820 g/mol. The number of nitrogens with zero attached hydrogens (tertiary/aromatic N) is 6. The molecule has 0 bridgehead atoms. The van der Waals surface area contributed by atoms with Crippen LogP contribution in [0, 0.1) is 0 Å². The van der Waals surface area contributed by atoms with Crippen molar-refractivity contribution in [2.24, 2.45) is 0 Å². The molecule has 7 heteroatoms. The predicted molar refractivity (Wildman–Crippen MR) is 599 cm³/mol. The van der Waals surface area contributed by atoms with Gasteiger partial charge in [-0.3, -0.25) is 0 Å². The number of furan rings is 1. The number of rotatable bonds is 23. The lowest BCUT2D eigenvalue weighted by Gasteiger charge is -2.33. The molecular formula is C135H102N6O. The number of para-hydroxylation sites is 10. The first-order chi connectivity index (χ1) is 70.2. The van der Waals surface area contributed by atoms with Crippen LogP contribution in [0.25, 0.3) is 88.7 Å². The highest BCUT2D eigenvalue weighted by Gasteiger charge is 2.37. The van der Waals surface area contributed by atoms with Crippen molar-refractivity contribution in [3.8, 4) is 66.8 Å². The minimum absolute atomic E-state index is 0.0881. The van der Waals surface area contributed by atoms with Gasteiger partial charge in [0.2, 0.25) is 0 Å². The van der Waals surface area contributed by atoms with Crippen molar-refractivity contribution in [3.05, 3.63) is 593 Å². The molecule has 0 atom stereocenters. The molecule has 142 heavy (non-hydrogen) atoms. The van der Waals surface area contributed by atoms with Crippen LogP contribution in [0.5, 0.6) is 0 Å². The van der Waals surface area contributed by atoms with Crippen LogP contribution in [0.15, 0.2) is 587 Å². The molecule has 0 N–H and O–H groups in total. The lowest BCUT2D eigenvalue weighted by atomic mass is 9.82. The first-order valence-electron chi connectivity index (χ1n) is 48.5. The Bertz CT molecular complexity index is 7990. The quantitative estimate of drug-likeness (QED) is 0.0631. The van der Waals surface area contributed by atoms with Crippen LogP contribution in [-0.4, -0.2) is 0 Å². The third-order valence-electron chi connectivity index (χ3n) is 26.6. The Kier molecular flexibility index (Phi) is 25.5. The lowest BCUT2D eigenvalue weighted by molar-refractivity contribution is 0.660. The van der Waals surface area contributed by atoms with E-state index in [0.717, 1.165) is 152 Å². The van der Waals surface area contributed by atoms with Gasteiger partial charge in [0.05, 0.1) is 22.7 Å². The summed E-state index contributed by atoms with van der Waals surface area (Å²) in [6.07, 6.45) is 0. The third-order valence-corrected chi connectivity index (χ3v) is 26.6. The molecule has 0 radical (unpaired) electrons. The Labute approximate surface area is 831 Å². The van der Waals surface area contributed by atoms with E-state index in [1.807, 2.05) is 12.1 Å². The van der Waals surface area contributed by atoms with Crippen molar-refractivity contribution in [1.29, 1.82) is 0 Å². The molecule has 0 aliphatic heterocycles. The van der Waals surface area contributed by atoms with Gasteiger partial charge in [-0.05, 0) is 266 Å². The number of hydrogen-bond acceptors (Lipinski definition) is 7. The summed E-state index contributed by atoms with van der Waals surface area (Å²) in [5.74, 6) is 0. The van der Waals surface area contributed by atoms with E-state index in [2.05, 4.69) is 613 Å². The maximum absolute atomic E-state index is 6.61. The van der Waals surface area contributed by atoms with Gasteiger partial charge in [0.15, 0.2) is 5.58 Å². The Morgan fingerprint density at radius 1 is 0.148 bits per heavy atom. The Morgan fingerprint density at radius 2 is 0.451 bits per heavy atom. The molecule has 1 aliphatic carbocycles. The summed E-state index contributed by atoms with van der Waals surface area (Å²) in [5.41, 5.74) is 38.2. The third kappa shape index (κ3) is 18.5. The molecule has 1 aromatic heterocycles. The van der Waals surface area contributed by atoms with Crippen molar-refractivity contribution < 1.29 is 4.42 Å². The van der Waals surface area contributed by atoms with Gasteiger partial charge in [-0.15, -0.1) is 0 Å². The largest absolute Gasteiger partial charge is 0.454 e. The van der Waals surface area contributed by atoms with E-state index in [9.17, 15) is 0 Å². The van der Waals surface area contributed by atoms with Crippen LogP contribution in [0.4, 0.5) is 102 Å². The number of anilines is 18. The molecule has 1 aliphatic rings. The molecule has 0 amide bonds. The molecule has 0 fully saturated rings. The van der Waals surface area contributed by atoms with Gasteiger partial charge < -0.3 is 33.8 Å². The van der Waals surface area contributed by atoms with Crippen molar-refractivity contribution in [1.82, 2.24) is 0 Å². The first-order valence-corrected chi connectivity index (χ1v) is 48.5. The van der Waals surface area contributed by atoms with Crippen LogP contribution in [0.1, 0.15) is 25.0 Å². The van der Waals surface area contributed by atoms with Gasteiger partial charge in [0, 0.05) is 101 Å². The number of hydrogen-bond donors (Lipinski definition) is 0. The standard InChI is InChI=1S/C48H36N2.C45H36N2.C42H30N2O/c1-6-18-37(19-7-1)40-24-16-30-45(32-40)49(43-26-12-4-13-27-43)47-34-42(39-22-10-3-11-23-39)35-48(36-47)50(44-28-14-5-15-29-44)46-31-17-25-41(33-46)38-20-8-2-9-21-38;1-45(2)42-26-16-15-25-39(42)40-29-27-38(32-43(40)45)46(34-19-9-4-10-20-34)37-28-30-44(41(31-37)33-17-7-3-8-18-33)47(35-21-11-5-12-22-35)36-23-13-6-14-24-36;1-5-16-31(17-6-1)32-28-29-38(40(30-32)43(33-18-7-2-8-19-33)34-20-9-3-10-21-34)44(35-22-11-4-12-23-35)39-26-15-25-37-36-24-13-14-27-41(36)45-42(37)39/h1-36H;3-32H,1-2H3;1-30H. The minimum Gasteiger partial charge on any atom is -0.454 e. The summed E-state index contributed by atoms with van der Waals surface area (Å²) < 4.78 is 6.61. The first kappa shape index (κ1) is 88.7. The average Bonchev–Trinajstić information content (AvgIpc) is 1.57. The molecule has 0 saturated carbocycles. The highest BCUT2D eigenvalue weighted by molar-refractivity contribution is 6.11. The molecule has 24 rings (SSSR count). The van der Waals surface area contributed by atoms with Gasteiger partial charge in [0.25, 0.3) is 0 Å². The van der Waals surface area contributed by atoms with E-state index in [4.69, 9.17) is 4.42 Å². The highest BCUT2D eigenvalue weighted by Crippen LogP contribution is 2.55. The SMILES string of the molecule is CC1(C)c2ccccc2-c2ccc(N(c3ccccc3)c3ccc(N(c4ccccc4)c4ccccc4)c(-c4ccccc4)c3)cc21.c1ccc(-c2ccc(N(c3ccccc3)c3cccc4c3oc3ccccc34)c(N(c3ccccc3)c3ccccc3)c2)cc1.c1ccc(-c2cccc(N(c3ccccc3)c3cc(-c4ccccc4)cc(N(c4ccccc4)c4cccc(-c5ccccc5)c4)c3)c2)cc1. The van der Waals surface area contributed by atoms with E-state index in [-0.39, 0.29) is 5.41 Å². The summed E-state index contributed by atoms with van der Waals surface area (Å²) >= 11 is 0. The van der Waals surface area contributed by atoms with Crippen molar-refractivity contribution >= 4 is 124 Å². The summed E-state index contributed by atoms with van der Waals surface area (Å²) in [6, 6.07) is 207. The Hall–Kier alpha value is -18.6. The summed E-state index contributed by atoms with van der Waals surface area (Å²) in [5, 5.41) is 2.20. The molecule has 0 saturated heterocycles. The van der Waals surface area contributed by atoms with Crippen LogP contribution in [0.3, 0.4) is 0 Å². The minimum atomic E-state index is -0.0881. The smallest absolute Gasteiger partial charge is 0.159 e. The Morgan fingerprint density at radius 3 is 0.908 bits per heavy atom. The molecule has 7 nitrogen and oxygen atoms in total.